The van der Waals surface area contributed by atoms with Gasteiger partial charge >= 0.3 is 0 Å². The van der Waals surface area contributed by atoms with Crippen molar-refractivity contribution in [1.29, 1.82) is 0 Å². The number of halogens is 1. The molecule has 1 aromatic carbocycles. The third-order valence-corrected chi connectivity index (χ3v) is 8.51. The average Bonchev–Trinajstić information content (AvgIpc) is 3.54. The van der Waals surface area contributed by atoms with Crippen molar-refractivity contribution >= 4 is 29.2 Å². The molecule has 7 heteroatoms. The Morgan fingerprint density at radius 3 is 2.37 bits per heavy atom. The third-order valence-electron chi connectivity index (χ3n) is 8.29. The Hall–Kier alpha value is -1.92. The molecule has 4 rings (SSSR count). The molecule has 0 aromatic heterocycles. The fourth-order valence-corrected chi connectivity index (χ4v) is 6.47. The molecular weight excluding hydrogens is 462 g/mol. The van der Waals surface area contributed by atoms with Gasteiger partial charge in [-0.1, -0.05) is 31.4 Å². The van der Waals surface area contributed by atoms with E-state index in [1.165, 1.54) is 12.8 Å². The highest BCUT2D eigenvalue weighted by atomic mass is 35.5. The maximum absolute atomic E-state index is 13.2. The molecule has 3 fully saturated rings. The standard InChI is InChI=1S/C28H40ClN3O3/c1-4-27(34)32-11-7-10-25(32)26(33)16-22-14-24(29)15-23(20(22)3)18-30-12-13-31(19(2)17-30)28(35)21-8-5-6-9-21/h14-15,19,21,25H,4-13,16-18H2,1-3H3/t19-,25-/m0/s1. The SMILES string of the molecule is CCC(=O)N1CCC[C@H]1C(=O)Cc1cc(Cl)cc(CN2CCN(C(=O)C3CCCC3)[C@@H](C)C2)c1C. The first kappa shape index (κ1) is 26.2. The van der Waals surface area contributed by atoms with Crippen LogP contribution in [0.5, 0.6) is 0 Å². The molecule has 1 saturated carbocycles. The van der Waals surface area contributed by atoms with Crippen LogP contribution < -0.4 is 0 Å². The fourth-order valence-electron chi connectivity index (χ4n) is 6.21. The van der Waals surface area contributed by atoms with Crippen LogP contribution in [-0.4, -0.2) is 70.6 Å². The molecule has 2 aliphatic heterocycles. The van der Waals surface area contributed by atoms with Crippen LogP contribution in [0, 0.1) is 12.8 Å². The number of benzene rings is 1. The minimum absolute atomic E-state index is 0.0593. The van der Waals surface area contributed by atoms with Gasteiger partial charge in [-0.2, -0.15) is 0 Å². The highest BCUT2D eigenvalue weighted by molar-refractivity contribution is 6.30. The average molecular weight is 502 g/mol. The molecule has 192 valence electrons. The summed E-state index contributed by atoms with van der Waals surface area (Å²) in [5.41, 5.74) is 3.19. The minimum atomic E-state index is -0.310. The van der Waals surface area contributed by atoms with Crippen molar-refractivity contribution < 1.29 is 14.4 Å². The predicted molar refractivity (Wildman–Crippen MR) is 138 cm³/mol. The molecule has 6 nitrogen and oxygen atoms in total. The lowest BCUT2D eigenvalue weighted by atomic mass is 9.95. The first-order chi connectivity index (χ1) is 16.8. The Morgan fingerprint density at radius 2 is 1.69 bits per heavy atom. The number of hydrogen-bond donors (Lipinski definition) is 0. The van der Waals surface area contributed by atoms with Gasteiger partial charge in [0.25, 0.3) is 0 Å². The number of carbonyl (C=O) groups is 3. The molecular formula is C28H40ClN3O3. The molecule has 0 unspecified atom stereocenters. The molecule has 35 heavy (non-hydrogen) atoms. The number of ketones is 1. The van der Waals surface area contributed by atoms with Crippen LogP contribution in [0.3, 0.4) is 0 Å². The second kappa shape index (κ2) is 11.4. The van der Waals surface area contributed by atoms with E-state index >= 15 is 0 Å². The van der Waals surface area contributed by atoms with E-state index in [2.05, 4.69) is 23.6 Å². The molecule has 2 amide bonds. The smallest absolute Gasteiger partial charge is 0.226 e. The van der Waals surface area contributed by atoms with Gasteiger partial charge in [0.15, 0.2) is 5.78 Å². The monoisotopic (exact) mass is 501 g/mol. The van der Waals surface area contributed by atoms with Crippen LogP contribution in [0.25, 0.3) is 0 Å². The van der Waals surface area contributed by atoms with Gasteiger partial charge in [-0.3, -0.25) is 19.3 Å². The maximum atomic E-state index is 13.2. The minimum Gasteiger partial charge on any atom is -0.337 e. The van der Waals surface area contributed by atoms with Gasteiger partial charge in [-0.05, 0) is 68.4 Å². The lowest BCUT2D eigenvalue weighted by Crippen LogP contribution is -2.54. The zero-order valence-corrected chi connectivity index (χ0v) is 22.3. The number of hydrogen-bond acceptors (Lipinski definition) is 4. The van der Waals surface area contributed by atoms with E-state index in [0.29, 0.717) is 30.3 Å². The highest BCUT2D eigenvalue weighted by Gasteiger charge is 2.34. The van der Waals surface area contributed by atoms with E-state index in [0.717, 1.165) is 68.6 Å². The Morgan fingerprint density at radius 1 is 0.971 bits per heavy atom. The van der Waals surface area contributed by atoms with E-state index in [1.807, 2.05) is 19.1 Å². The van der Waals surface area contributed by atoms with E-state index in [1.54, 1.807) is 4.90 Å². The van der Waals surface area contributed by atoms with Crippen LogP contribution in [0.1, 0.15) is 75.5 Å². The molecule has 0 N–H and O–H groups in total. The Labute approximate surface area is 215 Å². The van der Waals surface area contributed by atoms with E-state index in [-0.39, 0.29) is 29.7 Å². The zero-order chi connectivity index (χ0) is 25.1. The summed E-state index contributed by atoms with van der Waals surface area (Å²) in [5.74, 6) is 0.733. The fraction of sp³-hybridized carbons (Fsp3) is 0.679. The molecule has 1 aromatic rings. The summed E-state index contributed by atoms with van der Waals surface area (Å²) in [6, 6.07) is 3.80. The summed E-state index contributed by atoms with van der Waals surface area (Å²) in [6.45, 7) is 9.96. The number of nitrogens with zero attached hydrogens (tertiary/aromatic N) is 3. The largest absolute Gasteiger partial charge is 0.337 e. The summed E-state index contributed by atoms with van der Waals surface area (Å²) >= 11 is 6.50. The van der Waals surface area contributed by atoms with Crippen LogP contribution in [-0.2, 0) is 27.3 Å². The summed E-state index contributed by atoms with van der Waals surface area (Å²) < 4.78 is 0. The van der Waals surface area contributed by atoms with Crippen LogP contribution >= 0.6 is 11.6 Å². The first-order valence-corrected chi connectivity index (χ1v) is 13.8. The topological polar surface area (TPSA) is 60.9 Å². The van der Waals surface area contributed by atoms with Gasteiger partial charge in [-0.25, -0.2) is 0 Å². The van der Waals surface area contributed by atoms with E-state index in [4.69, 9.17) is 11.6 Å². The molecule has 2 atom stereocenters. The van der Waals surface area contributed by atoms with Crippen molar-refractivity contribution in [1.82, 2.24) is 14.7 Å². The summed E-state index contributed by atoms with van der Waals surface area (Å²) in [7, 11) is 0. The summed E-state index contributed by atoms with van der Waals surface area (Å²) in [4.78, 5) is 44.6. The lowest BCUT2D eigenvalue weighted by molar-refractivity contribution is -0.140. The Kier molecular flexibility index (Phi) is 8.54. The molecule has 2 heterocycles. The zero-order valence-electron chi connectivity index (χ0n) is 21.5. The molecule has 0 bridgehead atoms. The lowest BCUT2D eigenvalue weighted by Gasteiger charge is -2.41. The van der Waals surface area contributed by atoms with Gasteiger partial charge in [0.05, 0.1) is 6.04 Å². The second-order valence-electron chi connectivity index (χ2n) is 10.7. The first-order valence-electron chi connectivity index (χ1n) is 13.4. The maximum Gasteiger partial charge on any atom is 0.226 e. The van der Waals surface area contributed by atoms with Crippen molar-refractivity contribution in [2.45, 2.75) is 90.8 Å². The second-order valence-corrected chi connectivity index (χ2v) is 11.1. The van der Waals surface area contributed by atoms with E-state index < -0.39 is 0 Å². The number of amides is 2. The quantitative estimate of drug-likeness (QED) is 0.556. The summed E-state index contributed by atoms with van der Waals surface area (Å²) in [5, 5.41) is 0.643. The molecule has 1 aliphatic carbocycles. The van der Waals surface area contributed by atoms with Crippen molar-refractivity contribution in [3.63, 3.8) is 0 Å². The van der Waals surface area contributed by atoms with Gasteiger partial charge in [0, 0.05) is 62.5 Å². The Bertz CT molecular complexity index is 959. The summed E-state index contributed by atoms with van der Waals surface area (Å²) in [6.07, 6.45) is 6.81. The number of carbonyl (C=O) groups excluding carboxylic acids is 3. The van der Waals surface area contributed by atoms with Crippen LogP contribution in [0.4, 0.5) is 0 Å². The normalized spacial score (nSPS) is 23.8. The molecule has 3 aliphatic rings. The number of piperazine rings is 1. The molecule has 0 spiro atoms. The predicted octanol–water partition coefficient (Wildman–Crippen LogP) is 4.38. The number of Topliss-reactive ketones (excluding diaryl/α,β-unsaturated/α-hetero) is 1. The van der Waals surface area contributed by atoms with Gasteiger partial charge in [-0.15, -0.1) is 0 Å². The molecule has 0 radical (unpaired) electrons. The Balaban J connectivity index is 1.40. The van der Waals surface area contributed by atoms with Crippen molar-refractivity contribution in [2.24, 2.45) is 5.92 Å². The highest BCUT2D eigenvalue weighted by Crippen LogP contribution is 2.29. The van der Waals surface area contributed by atoms with Crippen LogP contribution in [0.2, 0.25) is 5.02 Å². The number of likely N-dealkylation sites (tertiary alicyclic amines) is 1. The van der Waals surface area contributed by atoms with Crippen molar-refractivity contribution in [3.05, 3.63) is 33.8 Å². The van der Waals surface area contributed by atoms with Gasteiger partial charge < -0.3 is 9.80 Å². The van der Waals surface area contributed by atoms with Crippen LogP contribution in [0.15, 0.2) is 12.1 Å². The number of rotatable bonds is 7. The van der Waals surface area contributed by atoms with Gasteiger partial charge in [0.1, 0.15) is 0 Å². The van der Waals surface area contributed by atoms with Gasteiger partial charge in [0.2, 0.25) is 11.8 Å². The van der Waals surface area contributed by atoms with E-state index in [9.17, 15) is 14.4 Å². The van der Waals surface area contributed by atoms with Crippen molar-refractivity contribution in [2.75, 3.05) is 26.2 Å². The van der Waals surface area contributed by atoms with Crippen molar-refractivity contribution in [3.8, 4) is 0 Å². The third kappa shape index (κ3) is 5.91. The molecule has 2 saturated heterocycles.